The number of aromatic nitrogens is 4. The number of likely N-dealkylation sites (tertiary alicyclic amines) is 1. The van der Waals surface area contributed by atoms with E-state index in [-0.39, 0.29) is 11.8 Å². The third-order valence-electron chi connectivity index (χ3n) is 4.51. The molecule has 1 aliphatic heterocycles. The normalized spacial score (nSPS) is 17.2. The summed E-state index contributed by atoms with van der Waals surface area (Å²) in [7, 11) is 0. The number of benzene rings is 1. The molecule has 25 heavy (non-hydrogen) atoms. The molecule has 4 rings (SSSR count). The van der Waals surface area contributed by atoms with Gasteiger partial charge in [-0.05, 0) is 31.0 Å². The lowest BCUT2D eigenvalue weighted by Crippen LogP contribution is -2.29. The predicted molar refractivity (Wildman–Crippen MR) is 90.1 cm³/mol. The van der Waals surface area contributed by atoms with Gasteiger partial charge in [0, 0.05) is 31.0 Å². The summed E-state index contributed by atoms with van der Waals surface area (Å²) in [6.07, 6.45) is 4.47. The first-order chi connectivity index (χ1) is 12.2. The molecule has 1 aromatic carbocycles. The van der Waals surface area contributed by atoms with Gasteiger partial charge < -0.3 is 9.42 Å². The second kappa shape index (κ2) is 6.51. The van der Waals surface area contributed by atoms with Crippen molar-refractivity contribution in [1.82, 2.24) is 24.8 Å². The van der Waals surface area contributed by atoms with Gasteiger partial charge in [0.15, 0.2) is 5.82 Å². The topological polar surface area (TPSA) is 77.0 Å². The smallest absolute Gasteiger partial charge is 0.254 e. The number of nitrogens with zero attached hydrogens (tertiary/aromatic N) is 5. The second-order valence-electron chi connectivity index (χ2n) is 6.28. The van der Waals surface area contributed by atoms with E-state index in [0.717, 1.165) is 17.5 Å². The Hall–Kier alpha value is -2.96. The van der Waals surface area contributed by atoms with Crippen LogP contribution in [0.3, 0.4) is 0 Å². The van der Waals surface area contributed by atoms with Crippen LogP contribution in [0.4, 0.5) is 0 Å². The first-order valence-electron chi connectivity index (χ1n) is 8.35. The molecule has 0 N–H and O–H groups in total. The van der Waals surface area contributed by atoms with E-state index in [2.05, 4.69) is 15.2 Å². The van der Waals surface area contributed by atoms with Crippen molar-refractivity contribution in [2.45, 2.75) is 25.8 Å². The minimum Gasteiger partial charge on any atom is -0.339 e. The molecule has 2 aromatic heterocycles. The number of amides is 1. The largest absolute Gasteiger partial charge is 0.339 e. The summed E-state index contributed by atoms with van der Waals surface area (Å²) in [5.74, 6) is 1.41. The minimum atomic E-state index is 0.0430. The van der Waals surface area contributed by atoms with Crippen LogP contribution in [0, 0.1) is 6.92 Å². The van der Waals surface area contributed by atoms with E-state index in [1.54, 1.807) is 13.1 Å². The van der Waals surface area contributed by atoms with Crippen molar-refractivity contribution in [3.8, 4) is 0 Å². The van der Waals surface area contributed by atoms with E-state index < -0.39 is 0 Å². The molecule has 0 radical (unpaired) electrons. The van der Waals surface area contributed by atoms with Crippen LogP contribution in [-0.4, -0.2) is 43.8 Å². The van der Waals surface area contributed by atoms with Crippen molar-refractivity contribution in [2.75, 3.05) is 13.1 Å². The number of rotatable bonds is 4. The molecule has 3 heterocycles. The fourth-order valence-electron chi connectivity index (χ4n) is 3.23. The van der Waals surface area contributed by atoms with Crippen LogP contribution in [0.15, 0.2) is 47.2 Å². The molecule has 128 valence electrons. The highest BCUT2D eigenvalue weighted by atomic mass is 16.5. The van der Waals surface area contributed by atoms with Crippen molar-refractivity contribution in [3.63, 3.8) is 0 Å². The van der Waals surface area contributed by atoms with Crippen molar-refractivity contribution in [3.05, 3.63) is 65.6 Å². The Morgan fingerprint density at radius 2 is 2.20 bits per heavy atom. The molecule has 1 atom stereocenters. The lowest BCUT2D eigenvalue weighted by molar-refractivity contribution is 0.0788. The molecular formula is C18H19N5O2. The predicted octanol–water partition coefficient (Wildman–Crippen LogP) is 2.25. The summed E-state index contributed by atoms with van der Waals surface area (Å²) in [4.78, 5) is 19.2. The van der Waals surface area contributed by atoms with Crippen LogP contribution in [0.2, 0.25) is 0 Å². The summed E-state index contributed by atoms with van der Waals surface area (Å²) >= 11 is 0. The minimum absolute atomic E-state index is 0.0430. The molecule has 0 aliphatic carbocycles. The van der Waals surface area contributed by atoms with E-state index in [9.17, 15) is 4.79 Å². The standard InChI is InChI=1S/C18H19N5O2/c1-13-20-17(25-21-13)15-7-10-22(11-15)18(24)16-6-3-2-5-14(16)12-23-9-4-8-19-23/h2-6,8-9,15H,7,10-12H2,1H3. The molecule has 0 spiro atoms. The Bertz CT molecular complexity index is 871. The Kier molecular flexibility index (Phi) is 4.05. The zero-order chi connectivity index (χ0) is 17.2. The highest BCUT2D eigenvalue weighted by molar-refractivity contribution is 5.96. The number of hydrogen-bond donors (Lipinski definition) is 0. The van der Waals surface area contributed by atoms with Crippen LogP contribution >= 0.6 is 0 Å². The Labute approximate surface area is 145 Å². The summed E-state index contributed by atoms with van der Waals surface area (Å²) in [6, 6.07) is 9.58. The van der Waals surface area contributed by atoms with Gasteiger partial charge in [0.1, 0.15) is 0 Å². The number of aryl methyl sites for hydroxylation is 1. The molecule has 7 nitrogen and oxygen atoms in total. The summed E-state index contributed by atoms with van der Waals surface area (Å²) in [5.41, 5.74) is 1.69. The van der Waals surface area contributed by atoms with Crippen molar-refractivity contribution >= 4 is 5.91 Å². The molecule has 0 bridgehead atoms. The van der Waals surface area contributed by atoms with Gasteiger partial charge in [-0.1, -0.05) is 23.4 Å². The van der Waals surface area contributed by atoms with Crippen LogP contribution in [-0.2, 0) is 6.54 Å². The summed E-state index contributed by atoms with van der Waals surface area (Å²) < 4.78 is 7.08. The lowest BCUT2D eigenvalue weighted by Gasteiger charge is -2.18. The van der Waals surface area contributed by atoms with Gasteiger partial charge in [0.2, 0.25) is 5.89 Å². The number of carbonyl (C=O) groups is 1. The highest BCUT2D eigenvalue weighted by Gasteiger charge is 2.32. The molecule has 1 aliphatic rings. The van der Waals surface area contributed by atoms with E-state index >= 15 is 0 Å². The Morgan fingerprint density at radius 3 is 2.96 bits per heavy atom. The quantitative estimate of drug-likeness (QED) is 0.730. The van der Waals surface area contributed by atoms with Crippen molar-refractivity contribution < 1.29 is 9.32 Å². The monoisotopic (exact) mass is 337 g/mol. The molecule has 1 saturated heterocycles. The maximum absolute atomic E-state index is 13.0. The van der Waals surface area contributed by atoms with Crippen LogP contribution < -0.4 is 0 Å². The molecule has 1 fully saturated rings. The molecular weight excluding hydrogens is 318 g/mol. The van der Waals surface area contributed by atoms with E-state index in [0.29, 0.717) is 31.3 Å². The van der Waals surface area contributed by atoms with Gasteiger partial charge in [-0.15, -0.1) is 0 Å². The average molecular weight is 337 g/mol. The molecule has 7 heteroatoms. The third kappa shape index (κ3) is 3.17. The van der Waals surface area contributed by atoms with Gasteiger partial charge in [-0.25, -0.2) is 0 Å². The summed E-state index contributed by atoms with van der Waals surface area (Å²) in [5, 5.41) is 8.07. The first-order valence-corrected chi connectivity index (χ1v) is 8.35. The fourth-order valence-corrected chi connectivity index (χ4v) is 3.23. The number of carbonyl (C=O) groups excluding carboxylic acids is 1. The van der Waals surface area contributed by atoms with Crippen molar-refractivity contribution in [2.24, 2.45) is 0 Å². The maximum atomic E-state index is 13.0. The van der Waals surface area contributed by atoms with Crippen LogP contribution in [0.5, 0.6) is 0 Å². The first kappa shape index (κ1) is 15.6. The van der Waals surface area contributed by atoms with Gasteiger partial charge in [0.25, 0.3) is 5.91 Å². The molecule has 0 saturated carbocycles. The average Bonchev–Trinajstić information content (AvgIpc) is 3.36. The lowest BCUT2D eigenvalue weighted by atomic mass is 10.1. The van der Waals surface area contributed by atoms with Gasteiger partial charge >= 0.3 is 0 Å². The number of hydrogen-bond acceptors (Lipinski definition) is 5. The van der Waals surface area contributed by atoms with Gasteiger partial charge in [-0.3, -0.25) is 9.48 Å². The van der Waals surface area contributed by atoms with Crippen LogP contribution in [0.25, 0.3) is 0 Å². The van der Waals surface area contributed by atoms with E-state index in [1.165, 1.54) is 0 Å². The Balaban J connectivity index is 1.52. The summed E-state index contributed by atoms with van der Waals surface area (Å²) in [6.45, 7) is 3.68. The van der Waals surface area contributed by atoms with Crippen LogP contribution in [0.1, 0.15) is 40.0 Å². The molecule has 3 aromatic rings. The Morgan fingerprint density at radius 1 is 1.32 bits per heavy atom. The molecule has 1 unspecified atom stereocenters. The maximum Gasteiger partial charge on any atom is 0.254 e. The molecule has 1 amide bonds. The highest BCUT2D eigenvalue weighted by Crippen LogP contribution is 2.27. The third-order valence-corrected chi connectivity index (χ3v) is 4.51. The zero-order valence-electron chi connectivity index (χ0n) is 14.0. The second-order valence-corrected chi connectivity index (χ2v) is 6.28. The SMILES string of the molecule is Cc1noc(C2CCN(C(=O)c3ccccc3Cn3cccn3)C2)n1. The van der Waals surface area contributed by atoms with E-state index in [1.807, 2.05) is 46.1 Å². The van der Waals surface area contributed by atoms with Crippen molar-refractivity contribution in [1.29, 1.82) is 0 Å². The zero-order valence-corrected chi connectivity index (χ0v) is 14.0. The van der Waals surface area contributed by atoms with Gasteiger partial charge in [-0.2, -0.15) is 10.1 Å². The van der Waals surface area contributed by atoms with Gasteiger partial charge in [0.05, 0.1) is 12.5 Å². The van der Waals surface area contributed by atoms with E-state index in [4.69, 9.17) is 4.52 Å². The fraction of sp³-hybridized carbons (Fsp3) is 0.333.